The van der Waals surface area contributed by atoms with Gasteiger partial charge in [0.1, 0.15) is 0 Å². The molecule has 0 aromatic rings. The molecule has 0 amide bonds. The lowest BCUT2D eigenvalue weighted by molar-refractivity contribution is -0.145. The Kier molecular flexibility index (Phi) is 6.79. The lowest BCUT2D eigenvalue weighted by Gasteiger charge is -2.21. The van der Waals surface area contributed by atoms with Gasteiger partial charge < -0.3 is 14.4 Å². The second kappa shape index (κ2) is 8.37. The zero-order chi connectivity index (χ0) is 15.0. The van der Waals surface area contributed by atoms with Crippen LogP contribution in [0.25, 0.3) is 0 Å². The number of carbonyl (C=O) groups excluding carboxylic acids is 2. The van der Waals surface area contributed by atoms with Gasteiger partial charge in [0.15, 0.2) is 0 Å². The van der Waals surface area contributed by atoms with Gasteiger partial charge in [-0.15, -0.1) is 0 Å². The summed E-state index contributed by atoms with van der Waals surface area (Å²) in [6, 6.07) is 0. The molecule has 0 radical (unpaired) electrons. The van der Waals surface area contributed by atoms with Gasteiger partial charge in [-0.05, 0) is 19.9 Å². The van der Waals surface area contributed by atoms with Gasteiger partial charge in [-0.2, -0.15) is 0 Å². The van der Waals surface area contributed by atoms with Crippen LogP contribution in [0.4, 0.5) is 0 Å². The Labute approximate surface area is 117 Å². The molecule has 8 heteroatoms. The smallest absolute Gasteiger partial charge is 0.498 e. The average Bonchev–Trinajstić information content (AvgIpc) is 2.30. The quantitative estimate of drug-likeness (QED) is 0.426. The fourth-order valence-electron chi connectivity index (χ4n) is 1.68. The van der Waals surface area contributed by atoms with Gasteiger partial charge in [-0.25, -0.2) is 0 Å². The number of hydrogen-bond acceptors (Lipinski definition) is 6. The van der Waals surface area contributed by atoms with Crippen molar-refractivity contribution in [1.29, 1.82) is 0 Å². The summed E-state index contributed by atoms with van der Waals surface area (Å²) in [6.07, 6.45) is 5.05. The van der Waals surface area contributed by atoms with E-state index in [1.165, 1.54) is 4.90 Å². The van der Waals surface area contributed by atoms with Crippen molar-refractivity contribution in [2.45, 2.75) is 25.6 Å². The van der Waals surface area contributed by atoms with E-state index in [0.29, 0.717) is 12.8 Å². The fraction of sp³-hybridized carbons (Fsp3) is 0.583. The van der Waals surface area contributed by atoms with Crippen molar-refractivity contribution >= 4 is 25.0 Å². The highest BCUT2D eigenvalue weighted by Gasteiger charge is 2.30. The molecule has 0 saturated carbocycles. The highest BCUT2D eigenvalue weighted by molar-refractivity contribution is 6.49. The van der Waals surface area contributed by atoms with Gasteiger partial charge in [-0.1, -0.05) is 12.2 Å². The molecule has 1 rings (SSSR count). The van der Waals surface area contributed by atoms with Gasteiger partial charge in [0, 0.05) is 12.7 Å². The molecule has 0 aliphatic carbocycles. The minimum atomic E-state index is -0.903. The Morgan fingerprint density at radius 3 is 2.45 bits per heavy atom. The van der Waals surface area contributed by atoms with Crippen LogP contribution in [0.3, 0.4) is 0 Å². The molecular weight excluding hydrogens is 265 g/mol. The topological polar surface area (TPSA) is 93.1 Å². The predicted molar refractivity (Wildman–Crippen MR) is 70.9 cm³/mol. The van der Waals surface area contributed by atoms with E-state index in [4.69, 9.17) is 14.4 Å². The molecule has 7 nitrogen and oxygen atoms in total. The van der Waals surface area contributed by atoms with Crippen LogP contribution in [0, 0.1) is 0 Å². The summed E-state index contributed by atoms with van der Waals surface area (Å²) in [5.74, 6) is -1.71. The number of rotatable bonds is 6. The number of carboxylic acids is 1. The lowest BCUT2D eigenvalue weighted by Crippen LogP contribution is -2.42. The molecule has 0 spiro atoms. The van der Waals surface area contributed by atoms with Crippen LogP contribution >= 0.6 is 0 Å². The molecule has 1 heterocycles. The van der Waals surface area contributed by atoms with Crippen molar-refractivity contribution in [3.63, 3.8) is 0 Å². The first-order chi connectivity index (χ1) is 9.47. The fourth-order valence-corrected chi connectivity index (χ4v) is 1.68. The monoisotopic (exact) mass is 283 g/mol. The molecule has 1 N–H and O–H groups in total. The van der Waals surface area contributed by atoms with Gasteiger partial charge in [0.25, 0.3) is 0 Å². The van der Waals surface area contributed by atoms with Crippen LogP contribution in [0.1, 0.15) is 19.3 Å². The maximum atomic E-state index is 11.4. The minimum Gasteiger partial charge on any atom is -0.498 e. The summed E-state index contributed by atoms with van der Waals surface area (Å²) in [5, 5.41) is 8.47. The Morgan fingerprint density at radius 2 is 1.90 bits per heavy atom. The van der Waals surface area contributed by atoms with Crippen molar-refractivity contribution in [2.24, 2.45) is 0 Å². The van der Waals surface area contributed by atoms with Crippen LogP contribution in [0.15, 0.2) is 12.2 Å². The van der Waals surface area contributed by atoms with Gasteiger partial charge in [0.2, 0.25) is 0 Å². The third-order valence-corrected chi connectivity index (χ3v) is 2.58. The van der Waals surface area contributed by atoms with Crippen LogP contribution in [0.5, 0.6) is 0 Å². The van der Waals surface area contributed by atoms with E-state index < -0.39 is 25.0 Å². The summed E-state index contributed by atoms with van der Waals surface area (Å²) in [7, 11) is 0.727. The Balaban J connectivity index is 2.33. The molecular formula is C12H18BNO6. The number of unbranched alkanes of at least 4 members (excludes halogenated alkanes) is 1. The zero-order valence-electron chi connectivity index (χ0n) is 11.4. The average molecular weight is 283 g/mol. The molecule has 1 aliphatic rings. The number of carbonyl (C=O) groups is 3. The van der Waals surface area contributed by atoms with Crippen LogP contribution in [-0.4, -0.2) is 55.2 Å². The second-order valence-electron chi connectivity index (χ2n) is 4.57. The molecule has 0 bridgehead atoms. The summed E-state index contributed by atoms with van der Waals surface area (Å²) < 4.78 is 10.0. The molecule has 110 valence electrons. The number of aliphatic carboxylic acids is 1. The number of nitrogens with zero attached hydrogens (tertiary/aromatic N) is 1. The van der Waals surface area contributed by atoms with Crippen molar-refractivity contribution in [1.82, 2.24) is 4.90 Å². The molecule has 20 heavy (non-hydrogen) atoms. The lowest BCUT2D eigenvalue weighted by atomic mass is 9.84. The van der Waals surface area contributed by atoms with E-state index in [1.807, 2.05) is 0 Å². The normalized spacial score (nSPS) is 17.6. The molecule has 1 aliphatic heterocycles. The molecule has 0 aromatic heterocycles. The standard InChI is InChI=1S/C12H18BNO6/c1-14-8-11(17)19-13(20-12(18)9-14)7-5-3-2-4-6-10(15)16/h3,5H,2,4,6-9H2,1H3,(H,15,16)/b5-3+. The second-order valence-corrected chi connectivity index (χ2v) is 4.57. The van der Waals surface area contributed by atoms with E-state index in [-0.39, 0.29) is 25.8 Å². The van der Waals surface area contributed by atoms with E-state index in [1.54, 1.807) is 19.2 Å². The first-order valence-corrected chi connectivity index (χ1v) is 6.41. The number of hydrogen-bond donors (Lipinski definition) is 1. The largest absolute Gasteiger partial charge is 0.602 e. The first kappa shape index (κ1) is 16.2. The van der Waals surface area contributed by atoms with Crippen molar-refractivity contribution in [3.8, 4) is 0 Å². The zero-order valence-corrected chi connectivity index (χ0v) is 11.4. The summed E-state index contributed by atoms with van der Waals surface area (Å²) >= 11 is 0. The maximum absolute atomic E-state index is 11.4. The van der Waals surface area contributed by atoms with Crippen molar-refractivity contribution < 1.29 is 28.8 Å². The Morgan fingerprint density at radius 1 is 1.30 bits per heavy atom. The van der Waals surface area contributed by atoms with E-state index in [0.717, 1.165) is 0 Å². The molecule has 0 atom stereocenters. The number of likely N-dealkylation sites (N-methyl/N-ethyl adjacent to an activating group) is 1. The van der Waals surface area contributed by atoms with Gasteiger partial charge in [-0.3, -0.25) is 19.3 Å². The number of allylic oxidation sites excluding steroid dienone is 2. The van der Waals surface area contributed by atoms with Gasteiger partial charge >= 0.3 is 25.0 Å². The highest BCUT2D eigenvalue weighted by atomic mass is 16.6. The SMILES string of the molecule is CN1CC(=O)OB(C/C=C/CCCC(=O)O)OC(=O)C1. The van der Waals surface area contributed by atoms with Crippen LogP contribution in [-0.2, 0) is 23.7 Å². The third kappa shape index (κ3) is 6.94. The first-order valence-electron chi connectivity index (χ1n) is 6.41. The van der Waals surface area contributed by atoms with Crippen molar-refractivity contribution in [2.75, 3.05) is 20.1 Å². The van der Waals surface area contributed by atoms with Crippen LogP contribution < -0.4 is 0 Å². The van der Waals surface area contributed by atoms with Gasteiger partial charge in [0.05, 0.1) is 13.1 Å². The Hall–Kier alpha value is -1.83. The summed E-state index contributed by atoms with van der Waals surface area (Å²) in [4.78, 5) is 34.7. The predicted octanol–water partition coefficient (Wildman–Crippen LogP) is 0.318. The highest BCUT2D eigenvalue weighted by Crippen LogP contribution is 2.06. The van der Waals surface area contributed by atoms with E-state index in [9.17, 15) is 14.4 Å². The minimum absolute atomic E-state index is 0.0495. The summed E-state index contributed by atoms with van der Waals surface area (Å²) in [6.45, 7) is 0.0991. The Bertz CT molecular complexity index is 377. The third-order valence-electron chi connectivity index (χ3n) is 2.58. The molecule has 1 fully saturated rings. The molecule has 0 unspecified atom stereocenters. The van der Waals surface area contributed by atoms with E-state index >= 15 is 0 Å². The van der Waals surface area contributed by atoms with Crippen LogP contribution in [0.2, 0.25) is 6.32 Å². The summed E-state index contributed by atoms with van der Waals surface area (Å²) in [5.41, 5.74) is 0. The maximum Gasteiger partial charge on any atom is 0.602 e. The number of carboxylic acid groups (broad SMARTS) is 1. The van der Waals surface area contributed by atoms with Crippen molar-refractivity contribution in [3.05, 3.63) is 12.2 Å². The molecule has 0 aromatic carbocycles. The van der Waals surface area contributed by atoms with E-state index in [2.05, 4.69) is 0 Å². The molecule has 1 saturated heterocycles.